The Hall–Kier alpha value is -3.41. The number of aryl methyl sites for hydroxylation is 1. The lowest BCUT2D eigenvalue weighted by Gasteiger charge is -2.11. The van der Waals surface area contributed by atoms with Crippen LogP contribution in [0.15, 0.2) is 54.6 Å². The van der Waals surface area contributed by atoms with Crippen LogP contribution in [0.5, 0.6) is 0 Å². The Kier molecular flexibility index (Phi) is 7.01. The van der Waals surface area contributed by atoms with Gasteiger partial charge in [0, 0.05) is 17.7 Å². The summed E-state index contributed by atoms with van der Waals surface area (Å²) in [4.78, 5) is 24.4. The number of aromatic nitrogens is 2. The summed E-state index contributed by atoms with van der Waals surface area (Å²) in [6, 6.07) is 17.1. The van der Waals surface area contributed by atoms with Crippen molar-refractivity contribution in [2.24, 2.45) is 0 Å². The fraction of sp³-hybridized carbons (Fsp3) is 0.292. The average molecular weight is 405 g/mol. The molecular formula is C24H27N3O3. The predicted octanol–water partition coefficient (Wildman–Crippen LogP) is 5.15. The minimum absolute atomic E-state index is 0.00590. The maximum absolute atomic E-state index is 12.3. The van der Waals surface area contributed by atoms with E-state index in [4.69, 9.17) is 4.74 Å². The first-order valence-electron chi connectivity index (χ1n) is 10.3. The molecule has 156 valence electrons. The molecule has 1 heterocycles. The van der Waals surface area contributed by atoms with Gasteiger partial charge >= 0.3 is 5.97 Å². The number of anilines is 1. The van der Waals surface area contributed by atoms with E-state index in [1.54, 1.807) is 17.7 Å². The third kappa shape index (κ3) is 4.95. The number of rotatable bonds is 8. The van der Waals surface area contributed by atoms with Crippen LogP contribution in [0.3, 0.4) is 0 Å². The van der Waals surface area contributed by atoms with Crippen molar-refractivity contribution in [2.45, 2.75) is 40.0 Å². The molecule has 3 rings (SSSR count). The zero-order valence-electron chi connectivity index (χ0n) is 17.6. The molecule has 2 aromatic carbocycles. The van der Waals surface area contributed by atoms with E-state index in [2.05, 4.69) is 17.3 Å². The molecule has 0 spiro atoms. The summed E-state index contributed by atoms with van der Waals surface area (Å²) in [5, 5.41) is 7.47. The van der Waals surface area contributed by atoms with Gasteiger partial charge in [-0.2, -0.15) is 5.10 Å². The monoisotopic (exact) mass is 405 g/mol. The van der Waals surface area contributed by atoms with Crippen molar-refractivity contribution in [3.05, 3.63) is 65.9 Å². The maximum atomic E-state index is 12.3. The molecule has 0 aliphatic carbocycles. The van der Waals surface area contributed by atoms with Crippen LogP contribution < -0.4 is 5.32 Å². The maximum Gasteiger partial charge on any atom is 0.358 e. The molecule has 0 aliphatic rings. The molecule has 0 fully saturated rings. The van der Waals surface area contributed by atoms with Gasteiger partial charge in [0.05, 0.1) is 18.0 Å². The SMILES string of the molecule is CCCCC(=O)Nc1cccc(-c2cc(C(=O)OCC)nn2-c2ccccc2C)c1. The molecule has 3 aromatic rings. The second kappa shape index (κ2) is 9.87. The number of nitrogens with zero attached hydrogens (tertiary/aromatic N) is 2. The number of hydrogen-bond acceptors (Lipinski definition) is 4. The standard InChI is InChI=1S/C24H27N3O3/c1-4-6-14-23(28)25-19-12-9-11-18(15-19)22-16-20(24(29)30-5-2)26-27(22)21-13-8-7-10-17(21)3/h7-13,15-16H,4-6,14H2,1-3H3,(H,25,28). The van der Waals surface area contributed by atoms with Crippen molar-refractivity contribution < 1.29 is 14.3 Å². The van der Waals surface area contributed by atoms with Gasteiger partial charge in [-0.25, -0.2) is 9.48 Å². The van der Waals surface area contributed by atoms with Gasteiger partial charge in [-0.1, -0.05) is 43.7 Å². The number of para-hydroxylation sites is 1. The smallest absolute Gasteiger partial charge is 0.358 e. The van der Waals surface area contributed by atoms with Crippen LogP contribution in [-0.2, 0) is 9.53 Å². The minimum atomic E-state index is -0.463. The van der Waals surface area contributed by atoms with Crippen LogP contribution in [-0.4, -0.2) is 28.3 Å². The van der Waals surface area contributed by atoms with Gasteiger partial charge in [-0.05, 0) is 50.1 Å². The van der Waals surface area contributed by atoms with E-state index in [1.807, 2.05) is 55.5 Å². The Morgan fingerprint density at radius 2 is 1.87 bits per heavy atom. The molecule has 1 N–H and O–H groups in total. The summed E-state index contributed by atoms with van der Waals surface area (Å²) in [7, 11) is 0. The van der Waals surface area contributed by atoms with Gasteiger partial charge in [0.25, 0.3) is 0 Å². The number of hydrogen-bond donors (Lipinski definition) is 1. The summed E-state index contributed by atoms with van der Waals surface area (Å²) in [5.74, 6) is -0.469. The quantitative estimate of drug-likeness (QED) is 0.526. The zero-order valence-corrected chi connectivity index (χ0v) is 17.6. The number of unbranched alkanes of at least 4 members (excludes halogenated alkanes) is 1. The highest BCUT2D eigenvalue weighted by Gasteiger charge is 2.19. The van der Waals surface area contributed by atoms with Crippen molar-refractivity contribution >= 4 is 17.6 Å². The fourth-order valence-electron chi connectivity index (χ4n) is 3.19. The number of carbonyl (C=O) groups excluding carboxylic acids is 2. The van der Waals surface area contributed by atoms with Crippen LogP contribution in [0.4, 0.5) is 5.69 Å². The van der Waals surface area contributed by atoms with Gasteiger partial charge in [0.15, 0.2) is 5.69 Å². The number of benzene rings is 2. The van der Waals surface area contributed by atoms with E-state index in [0.29, 0.717) is 12.1 Å². The van der Waals surface area contributed by atoms with E-state index in [1.165, 1.54) is 0 Å². The van der Waals surface area contributed by atoms with Gasteiger partial charge in [0.2, 0.25) is 5.91 Å². The lowest BCUT2D eigenvalue weighted by atomic mass is 10.1. The molecule has 0 atom stereocenters. The molecule has 0 aliphatic heterocycles. The van der Waals surface area contributed by atoms with Gasteiger partial charge in [0.1, 0.15) is 0 Å². The van der Waals surface area contributed by atoms with E-state index in [-0.39, 0.29) is 18.2 Å². The van der Waals surface area contributed by atoms with Gasteiger partial charge < -0.3 is 10.1 Å². The molecule has 0 radical (unpaired) electrons. The highest BCUT2D eigenvalue weighted by atomic mass is 16.5. The Bertz CT molecular complexity index is 1040. The van der Waals surface area contributed by atoms with E-state index in [9.17, 15) is 9.59 Å². The Labute approximate surface area is 176 Å². The van der Waals surface area contributed by atoms with Gasteiger partial charge in [-0.3, -0.25) is 4.79 Å². The molecule has 0 saturated carbocycles. The largest absolute Gasteiger partial charge is 0.461 e. The third-order valence-electron chi connectivity index (χ3n) is 4.74. The Morgan fingerprint density at radius 1 is 1.07 bits per heavy atom. The first-order valence-corrected chi connectivity index (χ1v) is 10.3. The van der Waals surface area contributed by atoms with E-state index < -0.39 is 5.97 Å². The Morgan fingerprint density at radius 3 is 2.60 bits per heavy atom. The fourth-order valence-corrected chi connectivity index (χ4v) is 3.19. The molecule has 0 saturated heterocycles. The van der Waals surface area contributed by atoms with Crippen LogP contribution in [0.25, 0.3) is 16.9 Å². The summed E-state index contributed by atoms with van der Waals surface area (Å²) >= 11 is 0. The van der Waals surface area contributed by atoms with Crippen LogP contribution >= 0.6 is 0 Å². The molecule has 6 heteroatoms. The summed E-state index contributed by atoms with van der Waals surface area (Å²) in [6.45, 7) is 6.10. The van der Waals surface area contributed by atoms with Crippen molar-refractivity contribution in [1.29, 1.82) is 0 Å². The second-order valence-corrected chi connectivity index (χ2v) is 7.07. The van der Waals surface area contributed by atoms with E-state index >= 15 is 0 Å². The first kappa shape index (κ1) is 21.3. The molecule has 6 nitrogen and oxygen atoms in total. The Balaban J connectivity index is 2.02. The topological polar surface area (TPSA) is 73.2 Å². The van der Waals surface area contributed by atoms with Crippen molar-refractivity contribution in [3.8, 4) is 16.9 Å². The van der Waals surface area contributed by atoms with Crippen molar-refractivity contribution in [3.63, 3.8) is 0 Å². The third-order valence-corrected chi connectivity index (χ3v) is 4.74. The van der Waals surface area contributed by atoms with Crippen LogP contribution in [0.2, 0.25) is 0 Å². The lowest BCUT2D eigenvalue weighted by Crippen LogP contribution is -2.11. The normalized spacial score (nSPS) is 10.6. The van der Waals surface area contributed by atoms with Crippen molar-refractivity contribution in [1.82, 2.24) is 9.78 Å². The summed E-state index contributed by atoms with van der Waals surface area (Å²) < 4.78 is 6.89. The lowest BCUT2D eigenvalue weighted by molar-refractivity contribution is -0.116. The molecule has 0 bridgehead atoms. The molecule has 30 heavy (non-hydrogen) atoms. The highest BCUT2D eigenvalue weighted by Crippen LogP contribution is 2.28. The number of carbonyl (C=O) groups is 2. The molecule has 1 aromatic heterocycles. The number of nitrogens with one attached hydrogen (secondary N) is 1. The summed E-state index contributed by atoms with van der Waals surface area (Å²) in [6.07, 6.45) is 2.32. The molecule has 0 unspecified atom stereocenters. The van der Waals surface area contributed by atoms with Crippen molar-refractivity contribution in [2.75, 3.05) is 11.9 Å². The van der Waals surface area contributed by atoms with Crippen LogP contribution in [0.1, 0.15) is 49.2 Å². The van der Waals surface area contributed by atoms with E-state index in [0.717, 1.165) is 35.3 Å². The zero-order chi connectivity index (χ0) is 21.5. The number of ether oxygens (including phenoxy) is 1. The molecule has 1 amide bonds. The molecular weight excluding hydrogens is 378 g/mol. The highest BCUT2D eigenvalue weighted by molar-refractivity contribution is 5.92. The second-order valence-electron chi connectivity index (χ2n) is 7.07. The predicted molar refractivity (Wildman–Crippen MR) is 118 cm³/mol. The first-order chi connectivity index (χ1) is 14.5. The number of amides is 1. The van der Waals surface area contributed by atoms with Gasteiger partial charge in [-0.15, -0.1) is 0 Å². The van der Waals surface area contributed by atoms with Crippen LogP contribution in [0, 0.1) is 6.92 Å². The summed E-state index contributed by atoms with van der Waals surface area (Å²) in [5.41, 5.74) is 4.45. The average Bonchev–Trinajstić information content (AvgIpc) is 3.18. The minimum Gasteiger partial charge on any atom is -0.461 e. The number of esters is 1.